The van der Waals surface area contributed by atoms with Gasteiger partial charge in [-0.25, -0.2) is 4.98 Å². The normalized spacial score (nSPS) is 14.3. The molecule has 0 saturated carbocycles. The van der Waals surface area contributed by atoms with Crippen LogP contribution in [0.5, 0.6) is 0 Å². The van der Waals surface area contributed by atoms with Gasteiger partial charge in [0.2, 0.25) is 0 Å². The molecule has 3 rings (SSSR count). The van der Waals surface area contributed by atoms with Gasteiger partial charge in [-0.2, -0.15) is 5.26 Å². The topological polar surface area (TPSA) is 87.7 Å². The lowest BCUT2D eigenvalue weighted by Crippen LogP contribution is -3.14. The second-order valence-electron chi connectivity index (χ2n) is 7.72. The summed E-state index contributed by atoms with van der Waals surface area (Å²) in [5.41, 5.74) is 4.09. The van der Waals surface area contributed by atoms with Crippen LogP contribution in [0.3, 0.4) is 0 Å². The van der Waals surface area contributed by atoms with Gasteiger partial charge in [0.1, 0.15) is 36.8 Å². The van der Waals surface area contributed by atoms with Crippen molar-refractivity contribution >= 4 is 34.1 Å². The van der Waals surface area contributed by atoms with Crippen LogP contribution in [0.2, 0.25) is 0 Å². The van der Waals surface area contributed by atoms with Gasteiger partial charge in [0.15, 0.2) is 5.11 Å². The molecule has 1 aliphatic rings. The molecule has 2 heterocycles. The Morgan fingerprint density at radius 2 is 1.97 bits per heavy atom. The van der Waals surface area contributed by atoms with Crippen molar-refractivity contribution in [3.63, 3.8) is 0 Å². The summed E-state index contributed by atoms with van der Waals surface area (Å²) in [7, 11) is 0. The van der Waals surface area contributed by atoms with E-state index in [4.69, 9.17) is 17.0 Å². The second-order valence-corrected chi connectivity index (χ2v) is 8.13. The molecule has 0 spiro atoms. The number of nitrogens with zero attached hydrogens (tertiary/aromatic N) is 1. The molecule has 1 aromatic carbocycles. The Morgan fingerprint density at radius 1 is 1.20 bits per heavy atom. The second kappa shape index (κ2) is 11.1. The number of fused-ring (bicyclic) bond motifs is 1. The van der Waals surface area contributed by atoms with Gasteiger partial charge in [0.25, 0.3) is 5.82 Å². The summed E-state index contributed by atoms with van der Waals surface area (Å²) < 4.78 is 5.38. The average molecular weight is 429 g/mol. The van der Waals surface area contributed by atoms with Crippen molar-refractivity contribution in [1.29, 1.82) is 5.26 Å². The van der Waals surface area contributed by atoms with Crippen LogP contribution in [0.25, 0.3) is 10.9 Å². The smallest absolute Gasteiger partial charge is 0.290 e. The molecule has 0 radical (unpaired) electrons. The predicted molar refractivity (Wildman–Crippen MR) is 123 cm³/mol. The number of aryl methyl sites for hydroxylation is 2. The molecule has 0 bridgehead atoms. The Bertz CT molecular complexity index is 920. The fraction of sp³-hybridized carbons (Fsp3) is 0.500. The molecule has 1 aromatic heterocycles. The van der Waals surface area contributed by atoms with Crippen LogP contribution in [0.1, 0.15) is 23.1 Å². The number of quaternary nitrogens is 1. The molecule has 1 aliphatic heterocycles. The number of hydrogen-bond donors (Lipinski definition) is 4. The molecule has 1 saturated heterocycles. The lowest BCUT2D eigenvalue weighted by Gasteiger charge is -2.23. The van der Waals surface area contributed by atoms with E-state index in [0.29, 0.717) is 23.8 Å². The number of anilines is 1. The maximum Gasteiger partial charge on any atom is 0.290 e. The minimum Gasteiger partial charge on any atom is -0.370 e. The number of rotatable bonds is 8. The first-order valence-electron chi connectivity index (χ1n) is 10.6. The maximum absolute atomic E-state index is 9.50. The predicted octanol–water partition coefficient (Wildman–Crippen LogP) is 0.324. The van der Waals surface area contributed by atoms with Crippen LogP contribution in [0.4, 0.5) is 5.82 Å². The number of ether oxygens (including phenoxy) is 1. The molecule has 0 aliphatic carbocycles. The molecule has 0 atom stereocenters. The molecule has 1 fully saturated rings. The van der Waals surface area contributed by atoms with Gasteiger partial charge >= 0.3 is 0 Å². The van der Waals surface area contributed by atoms with Crippen molar-refractivity contribution in [3.05, 3.63) is 34.9 Å². The van der Waals surface area contributed by atoms with Crippen LogP contribution >= 0.6 is 12.2 Å². The Hall–Kier alpha value is -2.47. The van der Waals surface area contributed by atoms with Gasteiger partial charge in [-0.05, 0) is 43.3 Å². The number of hydrogen-bond acceptors (Lipinski definition) is 4. The molecule has 0 amide bonds. The van der Waals surface area contributed by atoms with Gasteiger partial charge in [-0.1, -0.05) is 12.1 Å². The Morgan fingerprint density at radius 3 is 2.73 bits per heavy atom. The average Bonchev–Trinajstić information content (AvgIpc) is 2.77. The highest BCUT2D eigenvalue weighted by molar-refractivity contribution is 7.80. The summed E-state index contributed by atoms with van der Waals surface area (Å²) in [6, 6.07) is 8.33. The molecule has 8 heteroatoms. The van der Waals surface area contributed by atoms with Crippen molar-refractivity contribution in [3.8, 4) is 6.07 Å². The monoisotopic (exact) mass is 428 g/mol. The van der Waals surface area contributed by atoms with Crippen LogP contribution in [-0.4, -0.2) is 57.6 Å². The van der Waals surface area contributed by atoms with E-state index in [9.17, 15) is 5.26 Å². The van der Waals surface area contributed by atoms with Gasteiger partial charge in [0.05, 0.1) is 26.3 Å². The highest BCUT2D eigenvalue weighted by Gasteiger charge is 2.15. The zero-order valence-corrected chi connectivity index (χ0v) is 18.7. The van der Waals surface area contributed by atoms with Gasteiger partial charge in [-0.3, -0.25) is 5.32 Å². The number of thiocarbonyl (C=S) groups is 1. The van der Waals surface area contributed by atoms with Gasteiger partial charge < -0.3 is 20.3 Å². The molecule has 160 valence electrons. The standard InChI is InChI=1S/C22H30N6OS/c1-16-4-5-18-14-19(15-23)21(27-20(18)17(16)2)24-7-8-26-22(30)25-6-3-9-28-10-12-29-13-11-28/h4-5,14H,3,6-13H2,1-2H3,(H,24,27)(H2,25,26,30)/p+2. The number of nitriles is 1. The number of H-pyrrole nitrogens is 1. The third kappa shape index (κ3) is 6.02. The van der Waals surface area contributed by atoms with Crippen LogP contribution in [0.15, 0.2) is 18.2 Å². The van der Waals surface area contributed by atoms with E-state index in [1.165, 1.54) is 11.1 Å². The van der Waals surface area contributed by atoms with E-state index >= 15 is 0 Å². The van der Waals surface area contributed by atoms with E-state index in [0.717, 1.165) is 62.5 Å². The largest absolute Gasteiger partial charge is 0.370 e. The lowest BCUT2D eigenvalue weighted by atomic mass is 10.0. The molecule has 0 unspecified atom stereocenters. The van der Waals surface area contributed by atoms with Crippen molar-refractivity contribution in [2.75, 3.05) is 57.8 Å². The number of aromatic nitrogens is 1. The number of nitrogens with one attached hydrogen (secondary N) is 5. The fourth-order valence-corrected chi connectivity index (χ4v) is 3.85. The quantitative estimate of drug-likeness (QED) is 0.358. The minimum atomic E-state index is 0.608. The third-order valence-electron chi connectivity index (χ3n) is 5.61. The van der Waals surface area contributed by atoms with Crippen molar-refractivity contribution in [2.24, 2.45) is 0 Å². The maximum atomic E-state index is 9.50. The number of benzene rings is 1. The Balaban J connectivity index is 1.41. The van der Waals surface area contributed by atoms with E-state index in [2.05, 4.69) is 46.9 Å². The SMILES string of the molecule is Cc1ccc2cc(C#N)c(NCCNC(=S)NCCC[NH+]3CCOCC3)[nH+]c2c1C. The van der Waals surface area contributed by atoms with Crippen molar-refractivity contribution < 1.29 is 14.6 Å². The summed E-state index contributed by atoms with van der Waals surface area (Å²) in [6.45, 7) is 11.5. The zero-order valence-electron chi connectivity index (χ0n) is 17.9. The first-order valence-corrected chi connectivity index (χ1v) is 11.0. The fourth-order valence-electron chi connectivity index (χ4n) is 3.65. The first kappa shape index (κ1) is 22.2. The highest BCUT2D eigenvalue weighted by atomic mass is 32.1. The lowest BCUT2D eigenvalue weighted by molar-refractivity contribution is -0.908. The summed E-state index contributed by atoms with van der Waals surface area (Å²) in [6.07, 6.45) is 1.09. The van der Waals surface area contributed by atoms with Crippen LogP contribution in [0, 0.1) is 25.2 Å². The van der Waals surface area contributed by atoms with Crippen LogP contribution < -0.4 is 25.8 Å². The number of pyridine rings is 1. The third-order valence-corrected chi connectivity index (χ3v) is 5.90. The van der Waals surface area contributed by atoms with E-state index in [1.54, 1.807) is 4.90 Å². The molecular formula is C22H32N6OS+2. The van der Waals surface area contributed by atoms with Crippen molar-refractivity contribution in [2.45, 2.75) is 20.3 Å². The van der Waals surface area contributed by atoms with Gasteiger partial charge in [0, 0.05) is 18.4 Å². The van der Waals surface area contributed by atoms with Crippen LogP contribution in [-0.2, 0) is 4.74 Å². The summed E-state index contributed by atoms with van der Waals surface area (Å²) in [5.74, 6) is 0.743. The molecule has 5 N–H and O–H groups in total. The first-order chi connectivity index (χ1) is 14.6. The van der Waals surface area contributed by atoms with E-state index in [-0.39, 0.29) is 0 Å². The van der Waals surface area contributed by atoms with E-state index < -0.39 is 0 Å². The highest BCUT2D eigenvalue weighted by Crippen LogP contribution is 2.21. The molecular weight excluding hydrogens is 396 g/mol. The molecule has 7 nitrogen and oxygen atoms in total. The minimum absolute atomic E-state index is 0.608. The molecule has 30 heavy (non-hydrogen) atoms. The summed E-state index contributed by atoms with van der Waals surface area (Å²) in [5, 5.41) is 21.0. The Labute approximate surface area is 183 Å². The number of morpholine rings is 1. The number of aromatic amines is 1. The van der Waals surface area contributed by atoms with Gasteiger partial charge in [-0.15, -0.1) is 0 Å². The summed E-state index contributed by atoms with van der Waals surface area (Å²) >= 11 is 5.36. The molecule has 2 aromatic rings. The zero-order chi connectivity index (χ0) is 21.3. The summed E-state index contributed by atoms with van der Waals surface area (Å²) in [4.78, 5) is 5.00. The van der Waals surface area contributed by atoms with E-state index in [1.807, 2.05) is 12.1 Å². The van der Waals surface area contributed by atoms with Crippen molar-refractivity contribution in [1.82, 2.24) is 10.6 Å². The Kier molecular flexibility index (Phi) is 8.20.